The average molecular weight is 295 g/mol. The standard InChI is InChI=1S/C15H19BrO/c16-14-4-3-13-10-15(17,7-5-11-1-2-11)8-6-12(13)9-14/h3-4,9,11,17H,1-2,5-8,10H2. The minimum absolute atomic E-state index is 0.427. The molecule has 1 fully saturated rings. The molecule has 1 saturated carbocycles. The van der Waals surface area contributed by atoms with Gasteiger partial charge in [-0.15, -0.1) is 0 Å². The first kappa shape index (κ1) is 11.7. The molecule has 1 aromatic rings. The van der Waals surface area contributed by atoms with Crippen molar-refractivity contribution in [2.24, 2.45) is 5.92 Å². The van der Waals surface area contributed by atoms with Crippen LogP contribution in [-0.2, 0) is 12.8 Å². The van der Waals surface area contributed by atoms with Crippen LogP contribution in [0.25, 0.3) is 0 Å². The van der Waals surface area contributed by atoms with E-state index in [1.807, 2.05) is 0 Å². The van der Waals surface area contributed by atoms with Gasteiger partial charge >= 0.3 is 0 Å². The van der Waals surface area contributed by atoms with Gasteiger partial charge in [-0.25, -0.2) is 0 Å². The van der Waals surface area contributed by atoms with E-state index in [1.165, 1.54) is 30.4 Å². The Hall–Kier alpha value is -0.340. The third kappa shape index (κ3) is 2.74. The van der Waals surface area contributed by atoms with Gasteiger partial charge in [0.05, 0.1) is 5.60 Å². The van der Waals surface area contributed by atoms with Crippen LogP contribution in [0.4, 0.5) is 0 Å². The van der Waals surface area contributed by atoms with Gasteiger partial charge in [-0.05, 0) is 54.9 Å². The van der Waals surface area contributed by atoms with Gasteiger partial charge in [0, 0.05) is 10.9 Å². The molecule has 0 heterocycles. The SMILES string of the molecule is OC1(CCC2CC2)CCc2cc(Br)ccc2C1. The molecule has 0 saturated heterocycles. The van der Waals surface area contributed by atoms with Crippen molar-refractivity contribution in [2.45, 2.75) is 50.5 Å². The van der Waals surface area contributed by atoms with Crippen molar-refractivity contribution >= 4 is 15.9 Å². The first-order valence-corrected chi connectivity index (χ1v) is 7.44. The third-order valence-corrected chi connectivity index (χ3v) is 4.76. The Labute approximate surface area is 111 Å². The summed E-state index contributed by atoms with van der Waals surface area (Å²) < 4.78 is 1.15. The summed E-state index contributed by atoms with van der Waals surface area (Å²) in [5.74, 6) is 0.922. The van der Waals surface area contributed by atoms with Crippen LogP contribution in [0, 0.1) is 5.92 Å². The molecule has 0 aliphatic heterocycles. The summed E-state index contributed by atoms with van der Waals surface area (Å²) in [6, 6.07) is 6.46. The molecule has 2 aliphatic rings. The zero-order chi connectivity index (χ0) is 11.9. The van der Waals surface area contributed by atoms with Gasteiger partial charge in [-0.2, -0.15) is 0 Å². The van der Waals surface area contributed by atoms with Crippen molar-refractivity contribution < 1.29 is 5.11 Å². The number of hydrogen-bond donors (Lipinski definition) is 1. The van der Waals surface area contributed by atoms with E-state index in [9.17, 15) is 5.11 Å². The number of benzene rings is 1. The molecule has 1 aromatic carbocycles. The average Bonchev–Trinajstić information content (AvgIpc) is 3.11. The van der Waals surface area contributed by atoms with Gasteiger partial charge in [0.2, 0.25) is 0 Å². The second-order valence-corrected chi connectivity index (χ2v) is 6.71. The Morgan fingerprint density at radius 2 is 2.12 bits per heavy atom. The monoisotopic (exact) mass is 294 g/mol. The molecular weight excluding hydrogens is 276 g/mol. The Balaban J connectivity index is 1.71. The summed E-state index contributed by atoms with van der Waals surface area (Å²) in [5, 5.41) is 10.7. The quantitative estimate of drug-likeness (QED) is 0.897. The lowest BCUT2D eigenvalue weighted by Crippen LogP contribution is -2.35. The highest BCUT2D eigenvalue weighted by Crippen LogP contribution is 2.39. The molecule has 1 nitrogen and oxygen atoms in total. The van der Waals surface area contributed by atoms with Gasteiger partial charge in [-0.1, -0.05) is 34.8 Å². The molecule has 92 valence electrons. The van der Waals surface area contributed by atoms with Crippen molar-refractivity contribution in [1.82, 2.24) is 0 Å². The molecule has 0 spiro atoms. The Morgan fingerprint density at radius 1 is 1.29 bits per heavy atom. The molecule has 0 amide bonds. The minimum atomic E-state index is -0.427. The van der Waals surface area contributed by atoms with Crippen molar-refractivity contribution in [3.8, 4) is 0 Å². The van der Waals surface area contributed by atoms with Crippen molar-refractivity contribution in [1.29, 1.82) is 0 Å². The Morgan fingerprint density at radius 3 is 2.88 bits per heavy atom. The van der Waals surface area contributed by atoms with E-state index < -0.39 is 5.60 Å². The summed E-state index contributed by atoms with van der Waals surface area (Å²) in [4.78, 5) is 0. The molecule has 0 aromatic heterocycles. The van der Waals surface area contributed by atoms with Crippen LogP contribution in [-0.4, -0.2) is 10.7 Å². The first-order valence-electron chi connectivity index (χ1n) is 6.64. The molecule has 1 atom stereocenters. The van der Waals surface area contributed by atoms with Crippen LogP contribution in [0.2, 0.25) is 0 Å². The lowest BCUT2D eigenvalue weighted by molar-refractivity contribution is 0.0147. The Bertz CT molecular complexity index is 425. The predicted octanol–water partition coefficient (Wildman–Crippen LogP) is 3.86. The zero-order valence-corrected chi connectivity index (χ0v) is 11.7. The highest BCUT2D eigenvalue weighted by Gasteiger charge is 2.34. The predicted molar refractivity (Wildman–Crippen MR) is 73.1 cm³/mol. The fourth-order valence-electron chi connectivity index (χ4n) is 2.90. The lowest BCUT2D eigenvalue weighted by atomic mass is 9.78. The maximum Gasteiger partial charge on any atom is 0.0691 e. The van der Waals surface area contributed by atoms with Crippen molar-refractivity contribution in [2.75, 3.05) is 0 Å². The van der Waals surface area contributed by atoms with E-state index in [0.717, 1.165) is 36.1 Å². The van der Waals surface area contributed by atoms with Gasteiger partial charge in [0.1, 0.15) is 0 Å². The highest BCUT2D eigenvalue weighted by molar-refractivity contribution is 9.10. The summed E-state index contributed by atoms with van der Waals surface area (Å²) in [5.41, 5.74) is 2.33. The number of aliphatic hydroxyl groups is 1. The second-order valence-electron chi connectivity index (χ2n) is 5.80. The normalized spacial score (nSPS) is 27.9. The van der Waals surface area contributed by atoms with Crippen LogP contribution in [0.5, 0.6) is 0 Å². The summed E-state index contributed by atoms with van der Waals surface area (Å²) in [6.07, 6.45) is 7.80. The van der Waals surface area contributed by atoms with E-state index >= 15 is 0 Å². The van der Waals surface area contributed by atoms with Gasteiger partial charge < -0.3 is 5.11 Å². The molecule has 3 rings (SSSR count). The Kier molecular flexibility index (Phi) is 3.04. The zero-order valence-electron chi connectivity index (χ0n) is 10.1. The third-order valence-electron chi connectivity index (χ3n) is 4.26. The fraction of sp³-hybridized carbons (Fsp3) is 0.600. The topological polar surface area (TPSA) is 20.2 Å². The highest BCUT2D eigenvalue weighted by atomic mass is 79.9. The van der Waals surface area contributed by atoms with Crippen LogP contribution >= 0.6 is 15.9 Å². The summed E-state index contributed by atoms with van der Waals surface area (Å²) >= 11 is 3.51. The number of fused-ring (bicyclic) bond motifs is 1. The van der Waals surface area contributed by atoms with Crippen LogP contribution in [0.3, 0.4) is 0 Å². The number of aryl methyl sites for hydroxylation is 1. The van der Waals surface area contributed by atoms with Gasteiger partial charge in [-0.3, -0.25) is 0 Å². The molecule has 2 aliphatic carbocycles. The molecule has 2 heteroatoms. The second kappa shape index (κ2) is 4.40. The minimum Gasteiger partial charge on any atom is -0.390 e. The van der Waals surface area contributed by atoms with E-state index in [1.54, 1.807) is 0 Å². The molecule has 0 bridgehead atoms. The number of rotatable bonds is 3. The smallest absolute Gasteiger partial charge is 0.0691 e. The largest absolute Gasteiger partial charge is 0.390 e. The van der Waals surface area contributed by atoms with E-state index in [2.05, 4.69) is 34.1 Å². The maximum absolute atomic E-state index is 10.7. The molecule has 1 unspecified atom stereocenters. The van der Waals surface area contributed by atoms with Gasteiger partial charge in [0.25, 0.3) is 0 Å². The molecular formula is C15H19BrO. The van der Waals surface area contributed by atoms with Gasteiger partial charge in [0.15, 0.2) is 0 Å². The molecule has 1 N–H and O–H groups in total. The van der Waals surface area contributed by atoms with E-state index in [4.69, 9.17) is 0 Å². The maximum atomic E-state index is 10.7. The van der Waals surface area contributed by atoms with Crippen LogP contribution in [0.15, 0.2) is 22.7 Å². The lowest BCUT2D eigenvalue weighted by Gasteiger charge is -2.33. The van der Waals surface area contributed by atoms with E-state index in [-0.39, 0.29) is 0 Å². The summed E-state index contributed by atoms with van der Waals surface area (Å²) in [7, 11) is 0. The van der Waals surface area contributed by atoms with Crippen molar-refractivity contribution in [3.05, 3.63) is 33.8 Å². The molecule has 0 radical (unpaired) electrons. The first-order chi connectivity index (χ1) is 8.15. The fourth-order valence-corrected chi connectivity index (χ4v) is 3.31. The van der Waals surface area contributed by atoms with Crippen LogP contribution < -0.4 is 0 Å². The van der Waals surface area contributed by atoms with Crippen LogP contribution in [0.1, 0.15) is 43.2 Å². The number of halogens is 1. The number of hydrogen-bond acceptors (Lipinski definition) is 1. The summed E-state index contributed by atoms with van der Waals surface area (Å²) in [6.45, 7) is 0. The molecule has 17 heavy (non-hydrogen) atoms. The van der Waals surface area contributed by atoms with E-state index in [0.29, 0.717) is 0 Å². The van der Waals surface area contributed by atoms with Crippen molar-refractivity contribution in [3.63, 3.8) is 0 Å².